The number of halogens is 2. The van der Waals surface area contributed by atoms with Crippen LogP contribution >= 0.6 is 45.2 Å². The van der Waals surface area contributed by atoms with Crippen molar-refractivity contribution in [3.63, 3.8) is 0 Å². The van der Waals surface area contributed by atoms with Crippen LogP contribution in [0.4, 0.5) is 0 Å². The summed E-state index contributed by atoms with van der Waals surface area (Å²) in [6.07, 6.45) is 12.6. The van der Waals surface area contributed by atoms with Crippen LogP contribution in [0.5, 0.6) is 0 Å². The first kappa shape index (κ1) is 16.6. The Kier molecular flexibility index (Phi) is 4.02. The summed E-state index contributed by atoms with van der Waals surface area (Å²) in [5.41, 5.74) is 2.53. The molecule has 0 heterocycles. The number of aliphatic hydroxyl groups excluding tert-OH is 1. The van der Waals surface area contributed by atoms with Crippen molar-refractivity contribution in [1.29, 1.82) is 0 Å². The fourth-order valence-electron chi connectivity index (χ4n) is 6.57. The SMILES string of the molecule is C[C@]12CC[C@H](O)CC1=CC[C@@H]1[C@@H]2CC[C@@]2(C)[C@H]1CCC2(I)I. The molecule has 3 fully saturated rings. The van der Waals surface area contributed by atoms with E-state index in [9.17, 15) is 5.11 Å². The summed E-state index contributed by atoms with van der Waals surface area (Å²) in [7, 11) is 0. The Balaban J connectivity index is 1.69. The third-order valence-electron chi connectivity index (χ3n) is 8.07. The quantitative estimate of drug-likeness (QED) is 0.238. The lowest BCUT2D eigenvalue weighted by atomic mass is 9.48. The fraction of sp³-hybridized carbons (Fsp3) is 0.895. The molecule has 0 aliphatic heterocycles. The van der Waals surface area contributed by atoms with Gasteiger partial charge in [0.2, 0.25) is 0 Å². The van der Waals surface area contributed by atoms with Crippen molar-refractivity contribution in [2.24, 2.45) is 28.6 Å². The van der Waals surface area contributed by atoms with Crippen molar-refractivity contribution in [2.75, 3.05) is 0 Å². The maximum absolute atomic E-state index is 10.1. The van der Waals surface area contributed by atoms with Crippen LogP contribution in [-0.2, 0) is 0 Å². The summed E-state index contributed by atoms with van der Waals surface area (Å²) >= 11 is 5.53. The molecule has 0 radical (unpaired) electrons. The molecular formula is C19H28I2O. The Hall–Kier alpha value is 1.16. The van der Waals surface area contributed by atoms with Crippen molar-refractivity contribution in [3.05, 3.63) is 11.6 Å². The van der Waals surface area contributed by atoms with Gasteiger partial charge in [-0.2, -0.15) is 0 Å². The maximum atomic E-state index is 10.1. The molecule has 0 spiro atoms. The minimum atomic E-state index is -0.0763. The lowest BCUT2D eigenvalue weighted by Gasteiger charge is -2.58. The number of rotatable bonds is 0. The van der Waals surface area contributed by atoms with Gasteiger partial charge in [-0.15, -0.1) is 0 Å². The molecule has 4 aliphatic rings. The van der Waals surface area contributed by atoms with Crippen LogP contribution in [0.2, 0.25) is 0 Å². The van der Waals surface area contributed by atoms with Crippen LogP contribution in [-0.4, -0.2) is 12.6 Å². The molecule has 6 atom stereocenters. The van der Waals surface area contributed by atoms with Gasteiger partial charge in [0.05, 0.1) is 7.53 Å². The zero-order valence-electron chi connectivity index (χ0n) is 13.7. The summed E-state index contributed by atoms with van der Waals surface area (Å²) < 4.78 is 0.464. The van der Waals surface area contributed by atoms with E-state index < -0.39 is 0 Å². The molecule has 1 N–H and O–H groups in total. The smallest absolute Gasteiger partial charge is 0.0790 e. The minimum Gasteiger partial charge on any atom is -0.393 e. The van der Waals surface area contributed by atoms with Crippen LogP contribution in [0, 0.1) is 28.6 Å². The first-order chi connectivity index (χ1) is 10.3. The monoisotopic (exact) mass is 526 g/mol. The van der Waals surface area contributed by atoms with Crippen molar-refractivity contribution in [2.45, 2.75) is 72.7 Å². The molecule has 3 heteroatoms. The highest BCUT2D eigenvalue weighted by atomic mass is 127. The molecule has 0 aromatic carbocycles. The summed E-state index contributed by atoms with van der Waals surface area (Å²) in [4.78, 5) is 0. The van der Waals surface area contributed by atoms with Gasteiger partial charge in [0.1, 0.15) is 0 Å². The molecule has 22 heavy (non-hydrogen) atoms. The molecule has 0 aromatic rings. The van der Waals surface area contributed by atoms with E-state index in [0.717, 1.165) is 30.6 Å². The Labute approximate surface area is 162 Å². The zero-order valence-corrected chi connectivity index (χ0v) is 18.1. The third kappa shape index (κ3) is 2.16. The van der Waals surface area contributed by atoms with Gasteiger partial charge in [-0.3, -0.25) is 0 Å². The molecule has 0 amide bonds. The Morgan fingerprint density at radius 1 is 1.05 bits per heavy atom. The van der Waals surface area contributed by atoms with Crippen LogP contribution in [0.25, 0.3) is 0 Å². The second kappa shape index (κ2) is 5.33. The van der Waals surface area contributed by atoms with E-state index in [4.69, 9.17) is 0 Å². The van der Waals surface area contributed by atoms with Crippen molar-refractivity contribution >= 4 is 45.2 Å². The molecule has 4 rings (SSSR count). The number of hydrogen-bond donors (Lipinski definition) is 1. The molecule has 3 saturated carbocycles. The van der Waals surface area contributed by atoms with E-state index in [-0.39, 0.29) is 6.10 Å². The van der Waals surface area contributed by atoms with E-state index >= 15 is 0 Å². The summed E-state index contributed by atoms with van der Waals surface area (Å²) in [5.74, 6) is 2.69. The van der Waals surface area contributed by atoms with Gasteiger partial charge >= 0.3 is 0 Å². The number of aliphatic hydroxyl groups is 1. The number of allylic oxidation sites excluding steroid dienone is 1. The molecule has 0 unspecified atom stereocenters. The average molecular weight is 526 g/mol. The Morgan fingerprint density at radius 3 is 2.55 bits per heavy atom. The van der Waals surface area contributed by atoms with Gasteiger partial charge in [-0.1, -0.05) is 70.7 Å². The van der Waals surface area contributed by atoms with Crippen LogP contribution in [0.1, 0.15) is 65.2 Å². The molecular weight excluding hydrogens is 498 g/mol. The molecule has 0 aromatic heterocycles. The normalized spacial score (nSPS) is 53.2. The van der Waals surface area contributed by atoms with Gasteiger partial charge in [0, 0.05) is 0 Å². The van der Waals surface area contributed by atoms with Crippen molar-refractivity contribution in [1.82, 2.24) is 0 Å². The van der Waals surface area contributed by atoms with Crippen LogP contribution < -0.4 is 0 Å². The van der Waals surface area contributed by atoms with E-state index in [1.165, 1.54) is 38.5 Å². The highest BCUT2D eigenvalue weighted by Gasteiger charge is 2.62. The molecule has 0 bridgehead atoms. The Bertz CT molecular complexity index is 514. The zero-order chi connectivity index (χ0) is 15.8. The maximum Gasteiger partial charge on any atom is 0.0790 e. The van der Waals surface area contributed by atoms with E-state index in [1.54, 1.807) is 5.57 Å². The third-order valence-corrected chi connectivity index (χ3v) is 11.6. The first-order valence-electron chi connectivity index (χ1n) is 9.03. The largest absolute Gasteiger partial charge is 0.393 e. The second-order valence-corrected chi connectivity index (χ2v) is 14.6. The van der Waals surface area contributed by atoms with Gasteiger partial charge in [-0.25, -0.2) is 0 Å². The van der Waals surface area contributed by atoms with Crippen LogP contribution in [0.3, 0.4) is 0 Å². The van der Waals surface area contributed by atoms with Crippen LogP contribution in [0.15, 0.2) is 11.6 Å². The topological polar surface area (TPSA) is 20.2 Å². The number of fused-ring (bicyclic) bond motifs is 5. The molecule has 1 nitrogen and oxygen atoms in total. The van der Waals surface area contributed by atoms with E-state index in [2.05, 4.69) is 65.1 Å². The standard InChI is InChI=1S/C19H28I2O/c1-17-8-5-13(22)11-12(17)3-4-14-15(17)6-9-18(2)16(14)7-10-19(18,20)21/h3,13-16,22H,4-11H2,1-2H3/t13-,14+,15-,16-,17-,18-/m0/s1. The molecule has 124 valence electrons. The number of hydrogen-bond acceptors (Lipinski definition) is 1. The van der Waals surface area contributed by atoms with Gasteiger partial charge in [0.25, 0.3) is 0 Å². The molecule has 0 saturated heterocycles. The average Bonchev–Trinajstić information content (AvgIpc) is 2.70. The van der Waals surface area contributed by atoms with Gasteiger partial charge in [-0.05, 0) is 80.0 Å². The minimum absolute atomic E-state index is 0.0763. The predicted octanol–water partition coefficient (Wildman–Crippen LogP) is 5.88. The first-order valence-corrected chi connectivity index (χ1v) is 11.2. The number of alkyl halides is 2. The lowest BCUT2D eigenvalue weighted by molar-refractivity contribution is -0.0346. The highest BCUT2D eigenvalue weighted by Crippen LogP contribution is 2.70. The second-order valence-electron chi connectivity index (χ2n) is 8.86. The fourth-order valence-corrected chi connectivity index (χ4v) is 8.53. The van der Waals surface area contributed by atoms with Gasteiger partial charge in [0.15, 0.2) is 0 Å². The molecule has 4 aliphatic carbocycles. The highest BCUT2D eigenvalue weighted by molar-refractivity contribution is 14.2. The van der Waals surface area contributed by atoms with E-state index in [0.29, 0.717) is 12.3 Å². The summed E-state index contributed by atoms with van der Waals surface area (Å²) in [6, 6.07) is 0. The van der Waals surface area contributed by atoms with E-state index in [1.807, 2.05) is 0 Å². The lowest BCUT2D eigenvalue weighted by Crippen LogP contribution is -2.51. The predicted molar refractivity (Wildman–Crippen MR) is 108 cm³/mol. The summed E-state index contributed by atoms with van der Waals surface area (Å²) in [5, 5.41) is 10.1. The van der Waals surface area contributed by atoms with Crippen molar-refractivity contribution in [3.8, 4) is 0 Å². The summed E-state index contributed by atoms with van der Waals surface area (Å²) in [6.45, 7) is 5.12. The van der Waals surface area contributed by atoms with Gasteiger partial charge < -0.3 is 5.11 Å². The van der Waals surface area contributed by atoms with Crippen molar-refractivity contribution < 1.29 is 5.11 Å². The Morgan fingerprint density at radius 2 is 1.77 bits per heavy atom.